The zero-order valence-corrected chi connectivity index (χ0v) is 18.0. The number of rotatable bonds is 4. The fraction of sp³-hybridized carbons (Fsp3) is 0.318. The van der Waals surface area contributed by atoms with E-state index in [4.69, 9.17) is 16.3 Å². The minimum Gasteiger partial charge on any atom is -0.493 e. The number of carbonyl (C=O) groups excluding carboxylic acids is 1. The number of nitrogens with zero attached hydrogens (tertiary/aromatic N) is 1. The van der Waals surface area contributed by atoms with Crippen LogP contribution in [0, 0.1) is 6.92 Å². The van der Waals surface area contributed by atoms with Crippen LogP contribution in [0.25, 0.3) is 10.8 Å². The lowest BCUT2D eigenvalue weighted by atomic mass is 9.81. The molecular formula is C22H18ClF3N2O5. The average molecular weight is 483 g/mol. The monoisotopic (exact) mass is 482 g/mol. The van der Waals surface area contributed by atoms with Crippen LogP contribution in [-0.4, -0.2) is 34.6 Å². The van der Waals surface area contributed by atoms with Gasteiger partial charge in [0.05, 0.1) is 17.7 Å². The number of nitrogens with one attached hydrogen (secondary N) is 1. The van der Waals surface area contributed by atoms with Crippen LogP contribution in [0.1, 0.15) is 30.0 Å². The first-order valence-corrected chi connectivity index (χ1v) is 10.3. The summed E-state index contributed by atoms with van der Waals surface area (Å²) in [6.07, 6.45) is -6.02. The number of hydrogen-bond donors (Lipinski definition) is 2. The molecule has 0 saturated carbocycles. The highest BCUT2D eigenvalue weighted by atomic mass is 35.5. The third kappa shape index (κ3) is 4.28. The fourth-order valence-electron chi connectivity index (χ4n) is 3.88. The standard InChI is InChI=1S/C22H18ClF3N2O5/c1-11-16-9-14(3-4-15(16)19(29)33-28-11)27-20(30)21(31,22(24,25)26)10-12-6-7-32-18-5-2-13(23)8-17(12)18/h2-5,8-9,12,31H,6-7,10H2,1H3,(H,27,30). The lowest BCUT2D eigenvalue weighted by Crippen LogP contribution is -2.55. The van der Waals surface area contributed by atoms with E-state index < -0.39 is 35.6 Å². The van der Waals surface area contributed by atoms with Gasteiger partial charge in [-0.25, -0.2) is 4.79 Å². The second-order valence-corrected chi connectivity index (χ2v) is 8.28. The van der Waals surface area contributed by atoms with Crippen molar-refractivity contribution in [2.75, 3.05) is 11.9 Å². The van der Waals surface area contributed by atoms with Gasteiger partial charge < -0.3 is 19.7 Å². The summed E-state index contributed by atoms with van der Waals surface area (Å²) in [5.41, 5.74) is -3.75. The van der Waals surface area contributed by atoms with Crippen LogP contribution < -0.4 is 15.7 Å². The summed E-state index contributed by atoms with van der Waals surface area (Å²) in [6.45, 7) is 1.67. The van der Waals surface area contributed by atoms with E-state index in [0.29, 0.717) is 27.4 Å². The quantitative estimate of drug-likeness (QED) is 0.573. The minimum atomic E-state index is -5.26. The van der Waals surface area contributed by atoms with Gasteiger partial charge in [-0.15, -0.1) is 0 Å². The average Bonchev–Trinajstić information content (AvgIpc) is 2.76. The fourth-order valence-corrected chi connectivity index (χ4v) is 4.06. The number of aromatic nitrogens is 1. The van der Waals surface area contributed by atoms with Gasteiger partial charge in [0.15, 0.2) is 0 Å². The molecule has 0 fully saturated rings. The van der Waals surface area contributed by atoms with E-state index in [1.807, 2.05) is 0 Å². The number of carbonyl (C=O) groups is 1. The SMILES string of the molecule is Cc1noc(=O)c2ccc(NC(=O)C(O)(CC3CCOc4ccc(Cl)cc43)C(F)(F)F)cc12. The summed E-state index contributed by atoms with van der Waals surface area (Å²) in [7, 11) is 0. The van der Waals surface area contributed by atoms with Crippen LogP contribution in [0.15, 0.2) is 45.7 Å². The van der Waals surface area contributed by atoms with Gasteiger partial charge in [-0.05, 0) is 61.2 Å². The molecule has 0 bridgehead atoms. The maximum atomic E-state index is 14.0. The summed E-state index contributed by atoms with van der Waals surface area (Å²) < 4.78 is 52.1. The van der Waals surface area contributed by atoms with Crippen molar-refractivity contribution in [3.63, 3.8) is 0 Å². The molecule has 0 aliphatic carbocycles. The molecule has 11 heteroatoms. The van der Waals surface area contributed by atoms with E-state index in [-0.39, 0.29) is 24.1 Å². The van der Waals surface area contributed by atoms with Crippen molar-refractivity contribution in [1.82, 2.24) is 5.16 Å². The topological polar surface area (TPSA) is 102 Å². The van der Waals surface area contributed by atoms with Crippen molar-refractivity contribution in [3.8, 4) is 5.75 Å². The molecular weight excluding hydrogens is 465 g/mol. The van der Waals surface area contributed by atoms with Gasteiger partial charge in [-0.3, -0.25) is 4.79 Å². The number of amides is 1. The molecule has 0 saturated heterocycles. The summed E-state index contributed by atoms with van der Waals surface area (Å²) in [5, 5.41) is 17.1. The van der Waals surface area contributed by atoms with Crippen LogP contribution in [-0.2, 0) is 4.79 Å². The highest BCUT2D eigenvalue weighted by Gasteiger charge is 2.60. The first-order chi connectivity index (χ1) is 15.5. The highest BCUT2D eigenvalue weighted by molar-refractivity contribution is 6.30. The predicted octanol–water partition coefficient (Wildman–Crippen LogP) is 4.34. The molecule has 1 aromatic heterocycles. The van der Waals surface area contributed by atoms with Crippen LogP contribution in [0.4, 0.5) is 18.9 Å². The summed E-state index contributed by atoms with van der Waals surface area (Å²) >= 11 is 5.99. The van der Waals surface area contributed by atoms with Crippen LogP contribution in [0.3, 0.4) is 0 Å². The second kappa shape index (κ2) is 8.35. The molecule has 174 valence electrons. The van der Waals surface area contributed by atoms with Crippen LogP contribution >= 0.6 is 11.6 Å². The number of hydrogen-bond acceptors (Lipinski definition) is 6. The van der Waals surface area contributed by atoms with Crippen LogP contribution in [0.2, 0.25) is 5.02 Å². The molecule has 2 N–H and O–H groups in total. The maximum absolute atomic E-state index is 14.0. The molecule has 2 aromatic carbocycles. The largest absolute Gasteiger partial charge is 0.493 e. The lowest BCUT2D eigenvalue weighted by molar-refractivity contribution is -0.252. The summed E-state index contributed by atoms with van der Waals surface area (Å²) in [5.74, 6) is -2.10. The van der Waals surface area contributed by atoms with Gasteiger partial charge in [0.2, 0.25) is 5.60 Å². The molecule has 3 aromatic rings. The van der Waals surface area contributed by atoms with Crippen molar-refractivity contribution in [3.05, 3.63) is 63.1 Å². The summed E-state index contributed by atoms with van der Waals surface area (Å²) in [6, 6.07) is 8.40. The number of aryl methyl sites for hydroxylation is 1. The Kier molecular flexibility index (Phi) is 5.83. The Bertz CT molecular complexity index is 1290. The van der Waals surface area contributed by atoms with Gasteiger partial charge in [0.1, 0.15) is 5.75 Å². The van der Waals surface area contributed by atoms with Crippen molar-refractivity contribution >= 4 is 34.0 Å². The highest BCUT2D eigenvalue weighted by Crippen LogP contribution is 2.44. The van der Waals surface area contributed by atoms with Crippen molar-refractivity contribution in [2.45, 2.75) is 37.5 Å². The maximum Gasteiger partial charge on any atom is 0.426 e. The Morgan fingerprint density at radius 1 is 1.24 bits per heavy atom. The Morgan fingerprint density at radius 3 is 2.73 bits per heavy atom. The molecule has 0 radical (unpaired) electrons. The molecule has 1 aliphatic rings. The van der Waals surface area contributed by atoms with Gasteiger partial charge in [-0.2, -0.15) is 13.2 Å². The number of fused-ring (bicyclic) bond motifs is 2. The third-order valence-electron chi connectivity index (χ3n) is 5.67. The van der Waals surface area contributed by atoms with Gasteiger partial charge in [0, 0.05) is 22.5 Å². The molecule has 1 amide bonds. The van der Waals surface area contributed by atoms with E-state index in [9.17, 15) is 27.9 Å². The van der Waals surface area contributed by atoms with E-state index >= 15 is 0 Å². The number of ether oxygens (including phenoxy) is 1. The second-order valence-electron chi connectivity index (χ2n) is 7.85. The normalized spacial score (nSPS) is 17.7. The third-order valence-corrected chi connectivity index (χ3v) is 5.91. The van der Waals surface area contributed by atoms with E-state index in [2.05, 4.69) is 15.0 Å². The first-order valence-electron chi connectivity index (χ1n) is 9.93. The molecule has 4 rings (SSSR count). The number of alkyl halides is 3. The molecule has 7 nitrogen and oxygen atoms in total. The zero-order chi connectivity index (χ0) is 24.0. The van der Waals surface area contributed by atoms with Gasteiger partial charge >= 0.3 is 11.8 Å². The van der Waals surface area contributed by atoms with E-state index in [1.54, 1.807) is 12.1 Å². The Labute approximate surface area is 190 Å². The number of aliphatic hydroxyl groups is 1. The van der Waals surface area contributed by atoms with Crippen molar-refractivity contribution < 1.29 is 32.3 Å². The molecule has 2 atom stereocenters. The molecule has 2 heterocycles. The molecule has 1 aliphatic heterocycles. The smallest absolute Gasteiger partial charge is 0.426 e. The zero-order valence-electron chi connectivity index (χ0n) is 17.2. The first kappa shape index (κ1) is 23.1. The van der Waals surface area contributed by atoms with Crippen LogP contribution in [0.5, 0.6) is 5.75 Å². The lowest BCUT2D eigenvalue weighted by Gasteiger charge is -2.34. The minimum absolute atomic E-state index is 0.0407. The van der Waals surface area contributed by atoms with Gasteiger partial charge in [0.25, 0.3) is 5.91 Å². The number of halogens is 4. The van der Waals surface area contributed by atoms with Crippen molar-refractivity contribution in [2.24, 2.45) is 0 Å². The Morgan fingerprint density at radius 2 is 2.00 bits per heavy atom. The number of benzene rings is 2. The predicted molar refractivity (Wildman–Crippen MR) is 114 cm³/mol. The van der Waals surface area contributed by atoms with Crippen molar-refractivity contribution in [1.29, 1.82) is 0 Å². The molecule has 0 spiro atoms. The number of anilines is 1. The molecule has 33 heavy (non-hydrogen) atoms. The Hall–Kier alpha value is -3.11. The molecule has 2 unspecified atom stereocenters. The Balaban J connectivity index is 1.66. The van der Waals surface area contributed by atoms with E-state index in [0.717, 1.165) is 0 Å². The van der Waals surface area contributed by atoms with E-state index in [1.165, 1.54) is 31.2 Å². The van der Waals surface area contributed by atoms with Gasteiger partial charge in [-0.1, -0.05) is 16.8 Å². The summed E-state index contributed by atoms with van der Waals surface area (Å²) in [4.78, 5) is 24.6.